The Morgan fingerprint density at radius 3 is 2.25 bits per heavy atom. The summed E-state index contributed by atoms with van der Waals surface area (Å²) in [5.74, 6) is 1.91. The molecule has 9 nitrogen and oxygen atoms in total. The van der Waals surface area contributed by atoms with Gasteiger partial charge in [-0.3, -0.25) is 0 Å². The molecule has 1 radical (unpaired) electrons. The maximum Gasteiger partial charge on any atom is 0.143 e. The van der Waals surface area contributed by atoms with Crippen LogP contribution in [0.4, 0.5) is 11.4 Å². The van der Waals surface area contributed by atoms with Gasteiger partial charge in [-0.25, -0.2) is 9.97 Å². The highest BCUT2D eigenvalue weighted by atomic mass is 16.5. The number of aromatic nitrogens is 4. The predicted molar refractivity (Wildman–Crippen MR) is 215 cm³/mol. The second-order valence-electron chi connectivity index (χ2n) is 15.8. The lowest BCUT2D eigenvalue weighted by Gasteiger charge is -2.40. The first-order valence-corrected chi connectivity index (χ1v) is 19.2. The van der Waals surface area contributed by atoms with Crippen LogP contribution in [0.15, 0.2) is 36.4 Å². The maximum absolute atomic E-state index is 7.38. The number of pyridine rings is 2. The van der Waals surface area contributed by atoms with Crippen molar-refractivity contribution >= 4 is 55.2 Å². The van der Waals surface area contributed by atoms with Gasteiger partial charge in [0.05, 0.1) is 36.0 Å². The molecule has 0 bridgehead atoms. The average Bonchev–Trinajstić information content (AvgIpc) is 3.63. The van der Waals surface area contributed by atoms with Crippen molar-refractivity contribution in [3.63, 3.8) is 0 Å². The van der Waals surface area contributed by atoms with E-state index in [1.165, 1.54) is 11.1 Å². The zero-order valence-electron chi connectivity index (χ0n) is 31.6. The first-order chi connectivity index (χ1) is 25.2. The third-order valence-corrected chi connectivity index (χ3v) is 12.3. The van der Waals surface area contributed by atoms with Crippen LogP contribution in [0, 0.1) is 12.3 Å². The van der Waals surface area contributed by atoms with Gasteiger partial charge in [-0.05, 0) is 131 Å². The number of rotatable bonds is 11. The van der Waals surface area contributed by atoms with Crippen molar-refractivity contribution in [1.82, 2.24) is 24.4 Å². The molecule has 273 valence electrons. The van der Waals surface area contributed by atoms with Crippen LogP contribution in [0.5, 0.6) is 11.5 Å². The number of fused-ring (bicyclic) bond motifs is 8. The van der Waals surface area contributed by atoms with Crippen LogP contribution in [0.3, 0.4) is 0 Å². The van der Waals surface area contributed by atoms with E-state index < -0.39 is 0 Å². The molecule has 8 rings (SSSR count). The van der Waals surface area contributed by atoms with Gasteiger partial charge in [-0.2, -0.15) is 0 Å². The largest absolute Gasteiger partial charge is 0.497 e. The Kier molecular flexibility index (Phi) is 8.97. The molecule has 5 N–H and O–H groups in total. The molecule has 0 amide bonds. The number of benzene rings is 2. The molecule has 0 fully saturated rings. The standard InChI is InChI=1S/C43H54N7O2/c1-7-35(50-34-19-17-27(52-6)23-30(34)37-39(44)28-13-8-9-14-31(28)47-42(37)50)43(2,3)24-25-12-10-15-32-36(25)40(45)38-29-22-26(51-5)16-18-33(29)49(41(38)48-32)21-11-20-46-4/h16-19,22-23,25,35,46H,1,7-15,20-21,24H2,2-6H3,(H2,44,47)(H2,45,48). The van der Waals surface area contributed by atoms with Gasteiger partial charge in [-0.15, -0.1) is 0 Å². The average molecular weight is 701 g/mol. The molecule has 4 heterocycles. The zero-order chi connectivity index (χ0) is 36.3. The molecule has 2 unspecified atom stereocenters. The molecule has 0 saturated carbocycles. The molecule has 2 aliphatic carbocycles. The molecule has 2 atom stereocenters. The van der Waals surface area contributed by atoms with Crippen LogP contribution in [0.2, 0.25) is 0 Å². The van der Waals surface area contributed by atoms with Crippen molar-refractivity contribution in [2.24, 2.45) is 5.41 Å². The van der Waals surface area contributed by atoms with E-state index in [-0.39, 0.29) is 17.4 Å². The van der Waals surface area contributed by atoms with Crippen LogP contribution >= 0.6 is 0 Å². The number of nitrogens with two attached hydrogens (primary N) is 2. The molecular formula is C43H54N7O2. The highest BCUT2D eigenvalue weighted by molar-refractivity contribution is 6.14. The fourth-order valence-electron chi connectivity index (χ4n) is 9.78. The maximum atomic E-state index is 7.38. The number of hydrogen-bond donors (Lipinski definition) is 3. The first kappa shape index (κ1) is 34.6. The molecule has 52 heavy (non-hydrogen) atoms. The summed E-state index contributed by atoms with van der Waals surface area (Å²) in [6, 6.07) is 12.8. The van der Waals surface area contributed by atoms with Gasteiger partial charge in [0.2, 0.25) is 0 Å². The second kappa shape index (κ2) is 13.5. The summed E-state index contributed by atoms with van der Waals surface area (Å²) in [6.45, 7) is 11.2. The van der Waals surface area contributed by atoms with Gasteiger partial charge < -0.3 is 35.4 Å². The molecule has 6 aromatic rings. The Morgan fingerprint density at radius 1 is 0.885 bits per heavy atom. The molecule has 2 aromatic carbocycles. The van der Waals surface area contributed by atoms with E-state index in [1.54, 1.807) is 14.2 Å². The summed E-state index contributed by atoms with van der Waals surface area (Å²) in [6.07, 6.45) is 10.0. The number of nitrogen functional groups attached to an aromatic ring is 2. The van der Waals surface area contributed by atoms with E-state index in [2.05, 4.69) is 65.6 Å². The summed E-state index contributed by atoms with van der Waals surface area (Å²) in [5.41, 5.74) is 25.0. The van der Waals surface area contributed by atoms with Crippen molar-refractivity contribution in [2.75, 3.05) is 39.3 Å². The number of anilines is 2. The van der Waals surface area contributed by atoms with E-state index >= 15 is 0 Å². The fraction of sp³-hybridized carbons (Fsp3) is 0.465. The van der Waals surface area contributed by atoms with Crippen LogP contribution in [0.25, 0.3) is 43.9 Å². The molecule has 4 aromatic heterocycles. The van der Waals surface area contributed by atoms with Crippen LogP contribution < -0.4 is 26.3 Å². The van der Waals surface area contributed by atoms with Gasteiger partial charge >= 0.3 is 0 Å². The summed E-state index contributed by atoms with van der Waals surface area (Å²) in [4.78, 5) is 10.9. The number of methoxy groups -OCH3 is 2. The quantitative estimate of drug-likeness (QED) is 0.116. The molecule has 2 aliphatic rings. The normalized spacial score (nSPS) is 16.8. The third-order valence-electron chi connectivity index (χ3n) is 12.3. The van der Waals surface area contributed by atoms with Gasteiger partial charge in [0.1, 0.15) is 22.8 Å². The molecule has 0 saturated heterocycles. The minimum Gasteiger partial charge on any atom is -0.497 e. The molecular weight excluding hydrogens is 647 g/mol. The van der Waals surface area contributed by atoms with Crippen molar-refractivity contribution in [1.29, 1.82) is 0 Å². The highest BCUT2D eigenvalue weighted by Gasteiger charge is 2.38. The first-order valence-electron chi connectivity index (χ1n) is 19.2. The Labute approximate surface area is 307 Å². The molecule has 0 aliphatic heterocycles. The number of nitrogens with zero attached hydrogens (tertiary/aromatic N) is 4. The number of hydrogen-bond acceptors (Lipinski definition) is 7. The second-order valence-corrected chi connectivity index (χ2v) is 15.8. The van der Waals surface area contributed by atoms with Crippen molar-refractivity contribution in [3.05, 3.63) is 65.8 Å². The van der Waals surface area contributed by atoms with Gasteiger partial charge in [0.25, 0.3) is 0 Å². The summed E-state index contributed by atoms with van der Waals surface area (Å²) < 4.78 is 16.2. The molecule has 9 heteroatoms. The number of ether oxygens (including phenoxy) is 2. The lowest BCUT2D eigenvalue weighted by atomic mass is 9.70. The van der Waals surface area contributed by atoms with Crippen molar-refractivity contribution in [2.45, 2.75) is 96.6 Å². The van der Waals surface area contributed by atoms with Gasteiger partial charge in [0.15, 0.2) is 0 Å². The third kappa shape index (κ3) is 5.46. The Balaban J connectivity index is 1.26. The highest BCUT2D eigenvalue weighted by Crippen LogP contribution is 2.51. The lowest BCUT2D eigenvalue weighted by Crippen LogP contribution is -2.30. The van der Waals surface area contributed by atoms with Gasteiger partial charge in [-0.1, -0.05) is 20.8 Å². The van der Waals surface area contributed by atoms with Crippen molar-refractivity contribution in [3.8, 4) is 11.5 Å². The summed E-state index contributed by atoms with van der Waals surface area (Å²) >= 11 is 0. The smallest absolute Gasteiger partial charge is 0.143 e. The Morgan fingerprint density at radius 2 is 1.54 bits per heavy atom. The fourth-order valence-corrected chi connectivity index (χ4v) is 9.78. The minimum atomic E-state index is -0.169. The SMILES string of the molecule is [CH2]CC(n1c2ccc(OC)cc2c2c(N)c3c(nc21)CCCC3)C(C)(C)CC1CCCc2nc3c(c(N)c21)c1cc(OC)ccc1n3CCCNC. The minimum absolute atomic E-state index is 0.0658. The molecule has 0 spiro atoms. The predicted octanol–water partition coefficient (Wildman–Crippen LogP) is 8.66. The number of nitrogens with one attached hydrogen (secondary N) is 1. The zero-order valence-corrected chi connectivity index (χ0v) is 31.6. The van der Waals surface area contributed by atoms with Crippen molar-refractivity contribution < 1.29 is 9.47 Å². The lowest BCUT2D eigenvalue weighted by molar-refractivity contribution is 0.185. The summed E-state index contributed by atoms with van der Waals surface area (Å²) in [5, 5.41) is 7.60. The van der Waals surface area contributed by atoms with Crippen LogP contribution in [-0.4, -0.2) is 46.9 Å². The van der Waals surface area contributed by atoms with E-state index in [0.29, 0.717) is 6.42 Å². The Hall–Kier alpha value is -4.50. The van der Waals surface area contributed by atoms with E-state index in [1.807, 2.05) is 13.1 Å². The monoisotopic (exact) mass is 700 g/mol. The van der Waals surface area contributed by atoms with Crippen LogP contribution in [-0.2, 0) is 25.8 Å². The van der Waals surface area contributed by atoms with Gasteiger partial charge in [0, 0.05) is 51.7 Å². The topological polar surface area (TPSA) is 118 Å². The summed E-state index contributed by atoms with van der Waals surface area (Å²) in [7, 11) is 5.45. The van der Waals surface area contributed by atoms with E-state index in [4.69, 9.17) is 30.9 Å². The number of aryl methyl sites for hydroxylation is 3. The van der Waals surface area contributed by atoms with E-state index in [0.717, 1.165) is 149 Å². The van der Waals surface area contributed by atoms with Crippen LogP contribution in [0.1, 0.15) is 93.3 Å². The Bertz CT molecular complexity index is 2320. The van der Waals surface area contributed by atoms with E-state index in [9.17, 15) is 0 Å².